The van der Waals surface area contributed by atoms with Gasteiger partial charge in [-0.25, -0.2) is 4.68 Å². The number of aromatic nitrogens is 2. The number of carbonyl (C=O) groups excluding carboxylic acids is 1. The highest BCUT2D eigenvalue weighted by Crippen LogP contribution is 2.48. The molecular formula is C21H27N3O. The molecule has 25 heavy (non-hydrogen) atoms. The van der Waals surface area contributed by atoms with E-state index >= 15 is 0 Å². The maximum Gasteiger partial charge on any atom is 0.226 e. The Bertz CT molecular complexity index is 780. The van der Waals surface area contributed by atoms with Crippen molar-refractivity contribution in [2.45, 2.75) is 46.1 Å². The van der Waals surface area contributed by atoms with Crippen LogP contribution in [-0.2, 0) is 11.3 Å². The molecule has 2 fully saturated rings. The molecule has 3 unspecified atom stereocenters. The van der Waals surface area contributed by atoms with Gasteiger partial charge in [0.05, 0.1) is 11.4 Å². The third-order valence-electron chi connectivity index (χ3n) is 6.27. The summed E-state index contributed by atoms with van der Waals surface area (Å²) in [6.07, 6.45) is 4.96. The predicted molar refractivity (Wildman–Crippen MR) is 98.5 cm³/mol. The van der Waals surface area contributed by atoms with Crippen molar-refractivity contribution < 1.29 is 4.79 Å². The number of amides is 1. The first-order valence-corrected chi connectivity index (χ1v) is 9.40. The van der Waals surface area contributed by atoms with Crippen molar-refractivity contribution in [1.82, 2.24) is 14.7 Å². The van der Waals surface area contributed by atoms with Gasteiger partial charge in [-0.1, -0.05) is 24.6 Å². The van der Waals surface area contributed by atoms with E-state index in [1.807, 2.05) is 41.8 Å². The van der Waals surface area contributed by atoms with Crippen LogP contribution in [0.4, 0.5) is 0 Å². The molecule has 1 aromatic carbocycles. The monoisotopic (exact) mass is 337 g/mol. The Kier molecular flexibility index (Phi) is 4.14. The molecule has 2 saturated carbocycles. The van der Waals surface area contributed by atoms with Gasteiger partial charge in [-0.2, -0.15) is 5.10 Å². The SMILES string of the molecule is Cc1nn(-c2ccccc2)c(C)c1CN(C)C(=O)C1CC2CCC1C2. The summed E-state index contributed by atoms with van der Waals surface area (Å²) in [5.41, 5.74) is 4.37. The van der Waals surface area contributed by atoms with Crippen LogP contribution in [0.25, 0.3) is 5.69 Å². The molecule has 4 nitrogen and oxygen atoms in total. The molecular weight excluding hydrogens is 310 g/mol. The molecule has 0 aliphatic heterocycles. The summed E-state index contributed by atoms with van der Waals surface area (Å²) in [6.45, 7) is 4.78. The molecule has 1 heterocycles. The number of fused-ring (bicyclic) bond motifs is 2. The second-order valence-corrected chi connectivity index (χ2v) is 7.87. The fraction of sp³-hybridized carbons (Fsp3) is 0.524. The Morgan fingerprint density at radius 2 is 1.96 bits per heavy atom. The molecule has 0 radical (unpaired) electrons. The van der Waals surface area contributed by atoms with E-state index in [-0.39, 0.29) is 5.92 Å². The fourth-order valence-corrected chi connectivity index (χ4v) is 4.87. The van der Waals surface area contributed by atoms with Gasteiger partial charge in [-0.05, 0) is 57.1 Å². The molecule has 1 amide bonds. The van der Waals surface area contributed by atoms with Gasteiger partial charge in [0.2, 0.25) is 5.91 Å². The average Bonchev–Trinajstić information content (AvgIpc) is 3.32. The molecule has 0 saturated heterocycles. The number of para-hydroxylation sites is 1. The first-order chi connectivity index (χ1) is 12.0. The Hall–Kier alpha value is -2.10. The van der Waals surface area contributed by atoms with Crippen molar-refractivity contribution in [1.29, 1.82) is 0 Å². The molecule has 2 aromatic rings. The largest absolute Gasteiger partial charge is 0.341 e. The van der Waals surface area contributed by atoms with Crippen LogP contribution >= 0.6 is 0 Å². The van der Waals surface area contributed by atoms with Gasteiger partial charge in [0.25, 0.3) is 0 Å². The molecule has 2 aliphatic carbocycles. The molecule has 4 heteroatoms. The van der Waals surface area contributed by atoms with Crippen molar-refractivity contribution >= 4 is 5.91 Å². The molecule has 132 valence electrons. The molecule has 2 bridgehead atoms. The molecule has 4 rings (SSSR count). The number of benzene rings is 1. The zero-order valence-corrected chi connectivity index (χ0v) is 15.4. The van der Waals surface area contributed by atoms with Crippen LogP contribution in [0.2, 0.25) is 0 Å². The first-order valence-electron chi connectivity index (χ1n) is 9.40. The summed E-state index contributed by atoms with van der Waals surface area (Å²) in [4.78, 5) is 14.9. The highest BCUT2D eigenvalue weighted by molar-refractivity contribution is 5.79. The first kappa shape index (κ1) is 16.4. The van der Waals surface area contributed by atoms with E-state index in [4.69, 9.17) is 5.10 Å². The summed E-state index contributed by atoms with van der Waals surface area (Å²) in [7, 11) is 1.95. The number of carbonyl (C=O) groups is 1. The van der Waals surface area contributed by atoms with Crippen LogP contribution in [0.3, 0.4) is 0 Å². The van der Waals surface area contributed by atoms with Crippen LogP contribution in [0.15, 0.2) is 30.3 Å². The molecule has 2 aliphatic rings. The van der Waals surface area contributed by atoms with E-state index in [1.165, 1.54) is 24.8 Å². The second-order valence-electron chi connectivity index (χ2n) is 7.87. The smallest absolute Gasteiger partial charge is 0.226 e. The number of nitrogens with zero attached hydrogens (tertiary/aromatic N) is 3. The van der Waals surface area contributed by atoms with E-state index < -0.39 is 0 Å². The summed E-state index contributed by atoms with van der Waals surface area (Å²) in [6, 6.07) is 10.2. The van der Waals surface area contributed by atoms with Crippen LogP contribution in [0, 0.1) is 31.6 Å². The van der Waals surface area contributed by atoms with E-state index in [0.29, 0.717) is 18.4 Å². The van der Waals surface area contributed by atoms with E-state index in [9.17, 15) is 4.79 Å². The van der Waals surface area contributed by atoms with Crippen LogP contribution in [-0.4, -0.2) is 27.6 Å². The summed E-state index contributed by atoms with van der Waals surface area (Å²) < 4.78 is 1.99. The number of hydrogen-bond acceptors (Lipinski definition) is 2. The minimum atomic E-state index is 0.258. The van der Waals surface area contributed by atoms with Crippen molar-refractivity contribution in [2.75, 3.05) is 7.05 Å². The van der Waals surface area contributed by atoms with Gasteiger partial charge in [0, 0.05) is 30.8 Å². The quantitative estimate of drug-likeness (QED) is 0.849. The third-order valence-corrected chi connectivity index (χ3v) is 6.27. The van der Waals surface area contributed by atoms with Gasteiger partial charge < -0.3 is 4.90 Å². The predicted octanol–water partition coefficient (Wildman–Crippen LogP) is 3.88. The lowest BCUT2D eigenvalue weighted by atomic mass is 9.88. The maximum absolute atomic E-state index is 12.9. The van der Waals surface area contributed by atoms with Gasteiger partial charge in [-0.15, -0.1) is 0 Å². The highest BCUT2D eigenvalue weighted by Gasteiger charge is 2.44. The lowest BCUT2D eigenvalue weighted by Crippen LogP contribution is -2.35. The normalized spacial score (nSPS) is 24.7. The van der Waals surface area contributed by atoms with E-state index in [2.05, 4.69) is 19.1 Å². The standard InChI is InChI=1S/C21H27N3O/c1-14-20(15(2)24(22-14)18-7-5-4-6-8-18)13-23(3)21(25)19-12-16-9-10-17(19)11-16/h4-8,16-17,19H,9-13H2,1-3H3. The van der Waals surface area contributed by atoms with Crippen molar-refractivity contribution in [2.24, 2.45) is 17.8 Å². The summed E-state index contributed by atoms with van der Waals surface area (Å²) >= 11 is 0. The van der Waals surface area contributed by atoms with Crippen LogP contribution < -0.4 is 0 Å². The average molecular weight is 337 g/mol. The molecule has 1 aromatic heterocycles. The zero-order valence-electron chi connectivity index (χ0n) is 15.4. The highest BCUT2D eigenvalue weighted by atomic mass is 16.2. The molecule has 3 atom stereocenters. The van der Waals surface area contributed by atoms with Crippen LogP contribution in [0.5, 0.6) is 0 Å². The Labute approximate surface area is 149 Å². The lowest BCUT2D eigenvalue weighted by molar-refractivity contribution is -0.136. The zero-order chi connectivity index (χ0) is 17.6. The molecule has 0 spiro atoms. The lowest BCUT2D eigenvalue weighted by Gasteiger charge is -2.26. The topological polar surface area (TPSA) is 38.1 Å². The number of hydrogen-bond donors (Lipinski definition) is 0. The van der Waals surface area contributed by atoms with Gasteiger partial charge in [-0.3, -0.25) is 4.79 Å². The minimum absolute atomic E-state index is 0.258. The van der Waals surface area contributed by atoms with Gasteiger partial charge >= 0.3 is 0 Å². The van der Waals surface area contributed by atoms with Gasteiger partial charge in [0.15, 0.2) is 0 Å². The van der Waals surface area contributed by atoms with E-state index in [1.54, 1.807) is 0 Å². The third kappa shape index (κ3) is 2.88. The van der Waals surface area contributed by atoms with Crippen LogP contribution in [0.1, 0.15) is 42.6 Å². The van der Waals surface area contributed by atoms with Gasteiger partial charge in [0.1, 0.15) is 0 Å². The Morgan fingerprint density at radius 1 is 1.20 bits per heavy atom. The van der Waals surface area contributed by atoms with Crippen molar-refractivity contribution in [3.05, 3.63) is 47.3 Å². The maximum atomic E-state index is 12.9. The summed E-state index contributed by atoms with van der Waals surface area (Å²) in [5.74, 6) is 2.03. The van der Waals surface area contributed by atoms with Crippen molar-refractivity contribution in [3.63, 3.8) is 0 Å². The summed E-state index contributed by atoms with van der Waals surface area (Å²) in [5, 5.41) is 4.71. The van der Waals surface area contributed by atoms with E-state index in [0.717, 1.165) is 29.4 Å². The number of rotatable bonds is 4. The minimum Gasteiger partial charge on any atom is -0.341 e. The second kappa shape index (κ2) is 6.32. The molecule has 0 N–H and O–H groups in total. The fourth-order valence-electron chi connectivity index (χ4n) is 4.87. The number of aryl methyl sites for hydroxylation is 1. The Balaban J connectivity index is 1.52. The van der Waals surface area contributed by atoms with Crippen molar-refractivity contribution in [3.8, 4) is 5.69 Å². The Morgan fingerprint density at radius 3 is 2.60 bits per heavy atom.